The third-order valence-corrected chi connectivity index (χ3v) is 4.69. The van der Waals surface area contributed by atoms with Gasteiger partial charge in [0.15, 0.2) is 0 Å². The maximum atomic E-state index is 12.0. The van der Waals surface area contributed by atoms with Crippen LogP contribution in [-0.2, 0) is 10.0 Å². The second-order valence-corrected chi connectivity index (χ2v) is 7.13. The van der Waals surface area contributed by atoms with E-state index in [-0.39, 0.29) is 10.8 Å². The van der Waals surface area contributed by atoms with Crippen molar-refractivity contribution in [2.75, 3.05) is 6.54 Å². The minimum absolute atomic E-state index is 0.0420. The molecule has 3 N–H and O–H groups in total. The smallest absolute Gasteiger partial charge is 0.251 e. The SMILES string of the molecule is CC1CCC(CNC(=O)c2cccc(S(N)(=O)=O)c2)C1. The van der Waals surface area contributed by atoms with Gasteiger partial charge in [-0.15, -0.1) is 0 Å². The molecule has 1 fully saturated rings. The number of nitrogens with two attached hydrogens (primary N) is 1. The second kappa shape index (κ2) is 5.93. The zero-order valence-corrected chi connectivity index (χ0v) is 12.3. The Morgan fingerprint density at radius 2 is 2.15 bits per heavy atom. The summed E-state index contributed by atoms with van der Waals surface area (Å²) in [5.41, 5.74) is 0.322. The van der Waals surface area contributed by atoms with E-state index in [9.17, 15) is 13.2 Å². The van der Waals surface area contributed by atoms with E-state index in [2.05, 4.69) is 12.2 Å². The van der Waals surface area contributed by atoms with Crippen LogP contribution in [-0.4, -0.2) is 20.9 Å². The van der Waals surface area contributed by atoms with Crippen LogP contribution in [0, 0.1) is 11.8 Å². The first kappa shape index (κ1) is 15.0. The van der Waals surface area contributed by atoms with Gasteiger partial charge in [0.05, 0.1) is 4.90 Å². The number of amides is 1. The maximum absolute atomic E-state index is 12.0. The van der Waals surface area contributed by atoms with Gasteiger partial charge >= 0.3 is 0 Å². The Kier molecular flexibility index (Phi) is 4.45. The van der Waals surface area contributed by atoms with Gasteiger partial charge in [-0.05, 0) is 42.9 Å². The van der Waals surface area contributed by atoms with Gasteiger partial charge in [-0.2, -0.15) is 0 Å². The van der Waals surface area contributed by atoms with Crippen molar-refractivity contribution < 1.29 is 13.2 Å². The molecule has 0 saturated heterocycles. The third kappa shape index (κ3) is 3.80. The average molecular weight is 296 g/mol. The Morgan fingerprint density at radius 3 is 2.75 bits per heavy atom. The van der Waals surface area contributed by atoms with Crippen LogP contribution in [0.4, 0.5) is 0 Å². The van der Waals surface area contributed by atoms with Gasteiger partial charge in [-0.1, -0.05) is 19.4 Å². The predicted octanol–water partition coefficient (Wildman–Crippen LogP) is 1.50. The molecule has 5 nitrogen and oxygen atoms in total. The largest absolute Gasteiger partial charge is 0.352 e. The zero-order chi connectivity index (χ0) is 14.8. The monoisotopic (exact) mass is 296 g/mol. The fourth-order valence-electron chi connectivity index (χ4n) is 2.66. The van der Waals surface area contributed by atoms with E-state index in [4.69, 9.17) is 5.14 Å². The standard InChI is InChI=1S/C14H20N2O3S/c1-10-5-6-11(7-10)9-16-14(17)12-3-2-4-13(8-12)20(15,18)19/h2-4,8,10-11H,5-7,9H2,1H3,(H,16,17)(H2,15,18,19). The van der Waals surface area contributed by atoms with Crippen molar-refractivity contribution in [1.82, 2.24) is 5.32 Å². The van der Waals surface area contributed by atoms with E-state index in [1.165, 1.54) is 24.6 Å². The molecule has 0 radical (unpaired) electrons. The average Bonchev–Trinajstić information content (AvgIpc) is 2.81. The molecule has 0 aliphatic heterocycles. The molecule has 2 atom stereocenters. The molecule has 1 aromatic carbocycles. The third-order valence-electron chi connectivity index (χ3n) is 3.78. The first-order valence-corrected chi connectivity index (χ1v) is 8.32. The van der Waals surface area contributed by atoms with Crippen LogP contribution in [0.3, 0.4) is 0 Å². The van der Waals surface area contributed by atoms with E-state index in [1.807, 2.05) is 0 Å². The first-order chi connectivity index (χ1) is 9.36. The van der Waals surface area contributed by atoms with Crippen molar-refractivity contribution in [3.8, 4) is 0 Å². The molecule has 0 bridgehead atoms. The fraction of sp³-hybridized carbons (Fsp3) is 0.500. The summed E-state index contributed by atoms with van der Waals surface area (Å²) >= 11 is 0. The lowest BCUT2D eigenvalue weighted by Crippen LogP contribution is -2.28. The van der Waals surface area contributed by atoms with Crippen molar-refractivity contribution in [3.63, 3.8) is 0 Å². The molecule has 1 aliphatic rings. The minimum atomic E-state index is -3.78. The molecule has 2 rings (SSSR count). The Labute approximate surface area is 119 Å². The highest BCUT2D eigenvalue weighted by Crippen LogP contribution is 2.29. The Hall–Kier alpha value is -1.40. The molecule has 1 amide bonds. The molecular formula is C14H20N2O3S. The summed E-state index contributed by atoms with van der Waals surface area (Å²) in [4.78, 5) is 12.0. The van der Waals surface area contributed by atoms with E-state index in [0.29, 0.717) is 18.0 Å². The minimum Gasteiger partial charge on any atom is -0.352 e. The highest BCUT2D eigenvalue weighted by atomic mass is 32.2. The van der Waals surface area contributed by atoms with Crippen molar-refractivity contribution in [2.45, 2.75) is 31.1 Å². The van der Waals surface area contributed by atoms with Crippen LogP contribution >= 0.6 is 0 Å². The van der Waals surface area contributed by atoms with Crippen molar-refractivity contribution in [2.24, 2.45) is 17.0 Å². The lowest BCUT2D eigenvalue weighted by atomic mass is 10.1. The van der Waals surface area contributed by atoms with Crippen LogP contribution in [0.1, 0.15) is 36.5 Å². The van der Waals surface area contributed by atoms with Crippen molar-refractivity contribution in [3.05, 3.63) is 29.8 Å². The number of nitrogens with one attached hydrogen (secondary N) is 1. The lowest BCUT2D eigenvalue weighted by molar-refractivity contribution is 0.0947. The van der Waals surface area contributed by atoms with Crippen molar-refractivity contribution >= 4 is 15.9 Å². The van der Waals surface area contributed by atoms with Gasteiger partial charge in [0, 0.05) is 12.1 Å². The maximum Gasteiger partial charge on any atom is 0.251 e. The molecule has 2 unspecified atom stereocenters. The van der Waals surface area contributed by atoms with Crippen LogP contribution in [0.25, 0.3) is 0 Å². The van der Waals surface area contributed by atoms with Crippen LogP contribution in [0.15, 0.2) is 29.2 Å². The summed E-state index contributed by atoms with van der Waals surface area (Å²) in [6.07, 6.45) is 3.48. The van der Waals surface area contributed by atoms with Gasteiger partial charge < -0.3 is 5.32 Å². The lowest BCUT2D eigenvalue weighted by Gasteiger charge is -2.11. The van der Waals surface area contributed by atoms with Crippen LogP contribution in [0.2, 0.25) is 0 Å². The summed E-state index contributed by atoms with van der Waals surface area (Å²) in [7, 11) is -3.78. The van der Waals surface area contributed by atoms with E-state index in [1.54, 1.807) is 6.07 Å². The van der Waals surface area contributed by atoms with Gasteiger partial charge in [-0.25, -0.2) is 13.6 Å². The topological polar surface area (TPSA) is 89.3 Å². The second-order valence-electron chi connectivity index (χ2n) is 5.57. The highest BCUT2D eigenvalue weighted by Gasteiger charge is 2.22. The molecule has 0 spiro atoms. The molecule has 1 aromatic rings. The highest BCUT2D eigenvalue weighted by molar-refractivity contribution is 7.89. The summed E-state index contributed by atoms with van der Waals surface area (Å²) in [6.45, 7) is 2.86. The Morgan fingerprint density at radius 1 is 1.40 bits per heavy atom. The van der Waals surface area contributed by atoms with E-state index < -0.39 is 10.0 Å². The summed E-state index contributed by atoms with van der Waals surface area (Å²) in [5.74, 6) is 0.994. The van der Waals surface area contributed by atoms with E-state index in [0.717, 1.165) is 18.8 Å². The molecule has 0 aromatic heterocycles. The first-order valence-electron chi connectivity index (χ1n) is 6.77. The zero-order valence-electron chi connectivity index (χ0n) is 11.5. The number of carbonyl (C=O) groups is 1. The van der Waals surface area contributed by atoms with Crippen LogP contribution < -0.4 is 10.5 Å². The number of primary sulfonamides is 1. The summed E-state index contributed by atoms with van der Waals surface area (Å²) in [6, 6.07) is 5.79. The molecular weight excluding hydrogens is 276 g/mol. The van der Waals surface area contributed by atoms with Gasteiger partial charge in [0.1, 0.15) is 0 Å². The molecule has 110 valence electrons. The number of rotatable bonds is 4. The molecule has 1 aliphatic carbocycles. The number of hydrogen-bond donors (Lipinski definition) is 2. The van der Waals surface area contributed by atoms with Gasteiger partial charge in [-0.3, -0.25) is 4.79 Å². The summed E-state index contributed by atoms with van der Waals surface area (Å²) in [5, 5.41) is 7.92. The fourth-order valence-corrected chi connectivity index (χ4v) is 3.22. The predicted molar refractivity (Wildman–Crippen MR) is 76.7 cm³/mol. The van der Waals surface area contributed by atoms with Crippen molar-refractivity contribution in [1.29, 1.82) is 0 Å². The Balaban J connectivity index is 1.99. The number of carbonyl (C=O) groups excluding carboxylic acids is 1. The Bertz CT molecular complexity index is 598. The quantitative estimate of drug-likeness (QED) is 0.882. The molecule has 0 heterocycles. The molecule has 20 heavy (non-hydrogen) atoms. The number of sulfonamides is 1. The summed E-state index contributed by atoms with van der Waals surface area (Å²) < 4.78 is 22.5. The molecule has 6 heteroatoms. The van der Waals surface area contributed by atoms with Gasteiger partial charge in [0.2, 0.25) is 10.0 Å². The number of benzene rings is 1. The van der Waals surface area contributed by atoms with E-state index >= 15 is 0 Å². The van der Waals surface area contributed by atoms with Gasteiger partial charge in [0.25, 0.3) is 5.91 Å². The normalized spacial score (nSPS) is 22.7. The molecule has 1 saturated carbocycles. The van der Waals surface area contributed by atoms with Crippen LogP contribution in [0.5, 0.6) is 0 Å². The number of hydrogen-bond acceptors (Lipinski definition) is 3.